The number of carbonyl (C=O) groups excluding carboxylic acids is 1. The van der Waals surface area contributed by atoms with Gasteiger partial charge in [-0.05, 0) is 43.1 Å². The Bertz CT molecular complexity index is 757. The summed E-state index contributed by atoms with van der Waals surface area (Å²) >= 11 is 0. The fourth-order valence-electron chi connectivity index (χ4n) is 3.67. The first-order chi connectivity index (χ1) is 11.2. The summed E-state index contributed by atoms with van der Waals surface area (Å²) in [5, 5.41) is 0. The zero-order valence-corrected chi connectivity index (χ0v) is 13.3. The molecule has 4 heteroatoms. The topological polar surface area (TPSA) is 42.4 Å². The predicted molar refractivity (Wildman–Crippen MR) is 88.4 cm³/mol. The normalized spacial score (nSPS) is 19.4. The van der Waals surface area contributed by atoms with Crippen LogP contribution in [0.5, 0.6) is 0 Å². The molecule has 118 valence electrons. The maximum atomic E-state index is 12.6. The molecule has 1 aromatic carbocycles. The Morgan fingerprint density at radius 3 is 3.00 bits per heavy atom. The molecule has 0 spiro atoms. The van der Waals surface area contributed by atoms with Gasteiger partial charge >= 0.3 is 5.97 Å². The average molecular weight is 308 g/mol. The summed E-state index contributed by atoms with van der Waals surface area (Å²) in [5.74, 6) is -0.258. The van der Waals surface area contributed by atoms with Crippen LogP contribution in [0.25, 0.3) is 11.1 Å². The minimum Gasteiger partial charge on any atom is -0.460 e. The Balaban J connectivity index is 1.59. The van der Waals surface area contributed by atoms with Crippen LogP contribution in [0, 0.1) is 0 Å². The molecule has 2 aromatic rings. The lowest BCUT2D eigenvalue weighted by Crippen LogP contribution is -2.30. The van der Waals surface area contributed by atoms with E-state index in [2.05, 4.69) is 29.1 Å². The van der Waals surface area contributed by atoms with Crippen molar-refractivity contribution in [2.24, 2.45) is 0 Å². The van der Waals surface area contributed by atoms with Crippen LogP contribution in [0.3, 0.4) is 0 Å². The van der Waals surface area contributed by atoms with Crippen molar-refractivity contribution in [3.63, 3.8) is 0 Å². The maximum Gasteiger partial charge on any atom is 0.340 e. The van der Waals surface area contributed by atoms with Crippen molar-refractivity contribution in [1.82, 2.24) is 9.88 Å². The zero-order chi connectivity index (χ0) is 15.8. The molecule has 1 saturated heterocycles. The predicted octanol–water partition coefficient (Wildman–Crippen LogP) is 2.90. The Morgan fingerprint density at radius 2 is 2.17 bits per heavy atom. The van der Waals surface area contributed by atoms with E-state index in [0.717, 1.165) is 36.1 Å². The molecule has 4 rings (SSSR count). The number of esters is 1. The van der Waals surface area contributed by atoms with Crippen molar-refractivity contribution in [3.05, 3.63) is 53.3 Å². The molecule has 1 unspecified atom stereocenters. The van der Waals surface area contributed by atoms with Crippen LogP contribution in [0.4, 0.5) is 0 Å². The SMILES string of the molecule is CN1CCCC1COC(=O)c1cncc2c1-c1ccccc1C2. The molecule has 1 aromatic heterocycles. The van der Waals surface area contributed by atoms with Crippen molar-refractivity contribution in [2.45, 2.75) is 25.3 Å². The molecule has 0 bridgehead atoms. The molecule has 2 heterocycles. The van der Waals surface area contributed by atoms with Crippen LogP contribution in [0.2, 0.25) is 0 Å². The van der Waals surface area contributed by atoms with E-state index < -0.39 is 0 Å². The highest BCUT2D eigenvalue weighted by atomic mass is 16.5. The van der Waals surface area contributed by atoms with Crippen LogP contribution in [0.15, 0.2) is 36.7 Å². The largest absolute Gasteiger partial charge is 0.460 e. The molecular weight excluding hydrogens is 288 g/mol. The molecular formula is C19H20N2O2. The molecule has 1 aliphatic carbocycles. The van der Waals surface area contributed by atoms with Gasteiger partial charge in [0.2, 0.25) is 0 Å². The summed E-state index contributed by atoms with van der Waals surface area (Å²) in [5.41, 5.74) is 5.09. The quantitative estimate of drug-likeness (QED) is 0.698. The number of hydrogen-bond donors (Lipinski definition) is 0. The summed E-state index contributed by atoms with van der Waals surface area (Å²) in [6.07, 6.45) is 6.61. The number of rotatable bonds is 3. The molecule has 0 amide bonds. The van der Waals surface area contributed by atoms with E-state index in [9.17, 15) is 4.79 Å². The zero-order valence-electron chi connectivity index (χ0n) is 13.3. The number of ether oxygens (including phenoxy) is 1. The van der Waals surface area contributed by atoms with Gasteiger partial charge in [0.1, 0.15) is 6.61 Å². The van der Waals surface area contributed by atoms with E-state index in [4.69, 9.17) is 4.74 Å². The highest BCUT2D eigenvalue weighted by Gasteiger charge is 2.27. The van der Waals surface area contributed by atoms with Gasteiger partial charge in [-0.2, -0.15) is 0 Å². The lowest BCUT2D eigenvalue weighted by atomic mass is 10.0. The monoisotopic (exact) mass is 308 g/mol. The van der Waals surface area contributed by atoms with Gasteiger partial charge in [-0.1, -0.05) is 24.3 Å². The van der Waals surface area contributed by atoms with Gasteiger partial charge in [-0.3, -0.25) is 4.98 Å². The van der Waals surface area contributed by atoms with Crippen molar-refractivity contribution < 1.29 is 9.53 Å². The van der Waals surface area contributed by atoms with Gasteiger partial charge in [0, 0.05) is 30.4 Å². The number of pyridine rings is 1. The van der Waals surface area contributed by atoms with Crippen LogP contribution in [0.1, 0.15) is 34.3 Å². The highest BCUT2D eigenvalue weighted by Crippen LogP contribution is 2.38. The highest BCUT2D eigenvalue weighted by molar-refractivity contribution is 5.99. The van der Waals surface area contributed by atoms with Crippen LogP contribution < -0.4 is 0 Å². The van der Waals surface area contributed by atoms with Crippen molar-refractivity contribution >= 4 is 5.97 Å². The van der Waals surface area contributed by atoms with E-state index in [1.54, 1.807) is 6.20 Å². The molecule has 0 radical (unpaired) electrons. The molecule has 23 heavy (non-hydrogen) atoms. The second-order valence-electron chi connectivity index (χ2n) is 6.43. The van der Waals surface area contributed by atoms with Crippen LogP contribution >= 0.6 is 0 Å². The van der Waals surface area contributed by atoms with Gasteiger partial charge < -0.3 is 9.64 Å². The third kappa shape index (κ3) is 2.53. The second-order valence-corrected chi connectivity index (χ2v) is 6.43. The summed E-state index contributed by atoms with van der Waals surface area (Å²) < 4.78 is 5.60. The van der Waals surface area contributed by atoms with Crippen molar-refractivity contribution in [1.29, 1.82) is 0 Å². The molecule has 4 nitrogen and oxygen atoms in total. The van der Waals surface area contributed by atoms with E-state index in [1.807, 2.05) is 18.3 Å². The molecule has 1 aliphatic heterocycles. The van der Waals surface area contributed by atoms with Gasteiger partial charge in [-0.25, -0.2) is 4.79 Å². The third-order valence-electron chi connectivity index (χ3n) is 4.99. The molecule has 1 atom stereocenters. The van der Waals surface area contributed by atoms with Crippen molar-refractivity contribution in [3.8, 4) is 11.1 Å². The van der Waals surface area contributed by atoms with Crippen molar-refractivity contribution in [2.75, 3.05) is 20.2 Å². The number of likely N-dealkylation sites (N-methyl/N-ethyl adjacent to an activating group) is 1. The Hall–Kier alpha value is -2.20. The standard InChI is InChI=1S/C19H20N2O2/c1-21-8-4-6-15(21)12-23-19(22)17-11-20-10-14-9-13-5-2-3-7-16(13)18(14)17/h2-3,5,7,10-11,15H,4,6,8-9,12H2,1H3. The second kappa shape index (κ2) is 5.78. The lowest BCUT2D eigenvalue weighted by molar-refractivity contribution is 0.0416. The number of likely N-dealkylation sites (tertiary alicyclic amines) is 1. The lowest BCUT2D eigenvalue weighted by Gasteiger charge is -2.19. The molecule has 1 fully saturated rings. The van der Waals surface area contributed by atoms with Crippen LogP contribution in [-0.4, -0.2) is 42.1 Å². The summed E-state index contributed by atoms with van der Waals surface area (Å²) in [6, 6.07) is 8.57. The van der Waals surface area contributed by atoms with E-state index in [-0.39, 0.29) is 5.97 Å². The average Bonchev–Trinajstić information content (AvgIpc) is 3.15. The number of aromatic nitrogens is 1. The first-order valence-corrected chi connectivity index (χ1v) is 8.16. The Morgan fingerprint density at radius 1 is 1.30 bits per heavy atom. The minimum absolute atomic E-state index is 0.258. The van der Waals surface area contributed by atoms with Gasteiger partial charge in [0.25, 0.3) is 0 Å². The van der Waals surface area contributed by atoms with E-state index in [1.165, 1.54) is 12.0 Å². The van der Waals surface area contributed by atoms with Gasteiger partial charge in [-0.15, -0.1) is 0 Å². The molecule has 0 N–H and O–H groups in total. The molecule has 2 aliphatic rings. The number of carbonyl (C=O) groups is 1. The number of fused-ring (bicyclic) bond motifs is 3. The summed E-state index contributed by atoms with van der Waals surface area (Å²) in [6.45, 7) is 1.54. The fraction of sp³-hybridized carbons (Fsp3) is 0.368. The summed E-state index contributed by atoms with van der Waals surface area (Å²) in [7, 11) is 2.09. The third-order valence-corrected chi connectivity index (χ3v) is 4.99. The first-order valence-electron chi connectivity index (χ1n) is 8.16. The maximum absolute atomic E-state index is 12.6. The number of nitrogens with zero attached hydrogens (tertiary/aromatic N) is 2. The first kappa shape index (κ1) is 14.4. The number of benzene rings is 1. The van der Waals surface area contributed by atoms with E-state index >= 15 is 0 Å². The minimum atomic E-state index is -0.258. The van der Waals surface area contributed by atoms with Gasteiger partial charge in [0.05, 0.1) is 5.56 Å². The smallest absolute Gasteiger partial charge is 0.340 e. The van der Waals surface area contributed by atoms with E-state index in [0.29, 0.717) is 18.2 Å². The van der Waals surface area contributed by atoms with Gasteiger partial charge in [0.15, 0.2) is 0 Å². The fourth-order valence-corrected chi connectivity index (χ4v) is 3.67. The Kier molecular flexibility index (Phi) is 3.62. The van der Waals surface area contributed by atoms with Crippen LogP contribution in [-0.2, 0) is 11.2 Å². The molecule has 0 saturated carbocycles. The summed E-state index contributed by atoms with van der Waals surface area (Å²) in [4.78, 5) is 19.1. The Labute approximate surface area is 136 Å². The number of hydrogen-bond acceptors (Lipinski definition) is 4.